The van der Waals surface area contributed by atoms with E-state index in [0.717, 1.165) is 19.3 Å². The number of rotatable bonds is 0. The van der Waals surface area contributed by atoms with Gasteiger partial charge in [0, 0.05) is 6.42 Å². The van der Waals surface area contributed by atoms with Gasteiger partial charge in [-0.2, -0.15) is 0 Å². The van der Waals surface area contributed by atoms with Gasteiger partial charge in [-0.3, -0.25) is 0 Å². The van der Waals surface area contributed by atoms with Gasteiger partial charge < -0.3 is 5.11 Å². The zero-order chi connectivity index (χ0) is 8.65. The standard InChI is InChI=1S/C11H18O/c12-11-9-7-5-3-1-2-4-6-8-10-11/h5,7,9,12H,1-4,6,8,10H2. The lowest BCUT2D eigenvalue weighted by Crippen LogP contribution is -1.82. The van der Waals surface area contributed by atoms with Crippen LogP contribution in [0.5, 0.6) is 0 Å². The quantitative estimate of drug-likeness (QED) is 0.581. The molecule has 0 fully saturated rings. The summed E-state index contributed by atoms with van der Waals surface area (Å²) in [7, 11) is 0. The van der Waals surface area contributed by atoms with E-state index in [4.69, 9.17) is 0 Å². The molecule has 1 aliphatic rings. The second kappa shape index (κ2) is 5.87. The number of allylic oxidation sites excluding steroid dienone is 4. The van der Waals surface area contributed by atoms with Gasteiger partial charge >= 0.3 is 0 Å². The molecule has 0 saturated heterocycles. The first-order valence-corrected chi connectivity index (χ1v) is 4.94. The molecule has 0 aliphatic heterocycles. The average molecular weight is 166 g/mol. The van der Waals surface area contributed by atoms with Gasteiger partial charge in [0.15, 0.2) is 0 Å². The first-order chi connectivity index (χ1) is 5.89. The number of hydrogen-bond acceptors (Lipinski definition) is 1. The van der Waals surface area contributed by atoms with Crippen LogP contribution < -0.4 is 0 Å². The molecule has 0 atom stereocenters. The van der Waals surface area contributed by atoms with Crippen molar-refractivity contribution < 1.29 is 5.11 Å². The van der Waals surface area contributed by atoms with Crippen LogP contribution in [0.4, 0.5) is 0 Å². The Morgan fingerprint density at radius 1 is 1.00 bits per heavy atom. The molecule has 12 heavy (non-hydrogen) atoms. The second-order valence-electron chi connectivity index (χ2n) is 3.39. The molecule has 0 spiro atoms. The summed E-state index contributed by atoms with van der Waals surface area (Å²) in [6.07, 6.45) is 14.3. The highest BCUT2D eigenvalue weighted by Crippen LogP contribution is 2.12. The van der Waals surface area contributed by atoms with Gasteiger partial charge in [-0.25, -0.2) is 0 Å². The van der Waals surface area contributed by atoms with Crippen LogP contribution in [-0.2, 0) is 0 Å². The predicted molar refractivity (Wildman–Crippen MR) is 52.2 cm³/mol. The number of aliphatic hydroxyl groups excluding tert-OH is 1. The van der Waals surface area contributed by atoms with Crippen molar-refractivity contribution in [2.75, 3.05) is 0 Å². The summed E-state index contributed by atoms with van der Waals surface area (Å²) in [6, 6.07) is 0. The predicted octanol–water partition coefficient (Wildman–Crippen LogP) is 3.73. The molecule has 0 heterocycles. The van der Waals surface area contributed by atoms with Gasteiger partial charge in [0.05, 0.1) is 5.76 Å². The molecule has 1 N–H and O–H groups in total. The van der Waals surface area contributed by atoms with Crippen molar-refractivity contribution in [2.24, 2.45) is 0 Å². The molecule has 0 saturated carbocycles. The van der Waals surface area contributed by atoms with Crippen molar-refractivity contribution in [1.82, 2.24) is 0 Å². The van der Waals surface area contributed by atoms with E-state index in [1.54, 1.807) is 0 Å². The molecular weight excluding hydrogens is 148 g/mol. The van der Waals surface area contributed by atoms with E-state index >= 15 is 0 Å². The van der Waals surface area contributed by atoms with Crippen LogP contribution in [-0.4, -0.2) is 5.11 Å². The van der Waals surface area contributed by atoms with Crippen LogP contribution in [0.1, 0.15) is 44.9 Å². The third-order valence-electron chi connectivity index (χ3n) is 2.23. The lowest BCUT2D eigenvalue weighted by atomic mass is 10.1. The van der Waals surface area contributed by atoms with Crippen LogP contribution in [0, 0.1) is 0 Å². The zero-order valence-electron chi connectivity index (χ0n) is 7.63. The summed E-state index contributed by atoms with van der Waals surface area (Å²) in [5.74, 6) is 0.535. The Labute approximate surface area is 74.8 Å². The molecule has 0 unspecified atom stereocenters. The second-order valence-corrected chi connectivity index (χ2v) is 3.39. The Bertz CT molecular complexity index is 168. The topological polar surface area (TPSA) is 20.2 Å². The molecule has 1 nitrogen and oxygen atoms in total. The number of hydrogen-bond donors (Lipinski definition) is 1. The van der Waals surface area contributed by atoms with E-state index in [2.05, 4.69) is 6.08 Å². The highest BCUT2D eigenvalue weighted by molar-refractivity contribution is 5.06. The van der Waals surface area contributed by atoms with Crippen molar-refractivity contribution in [3.8, 4) is 0 Å². The van der Waals surface area contributed by atoms with Gasteiger partial charge in [-0.05, 0) is 25.3 Å². The van der Waals surface area contributed by atoms with Crippen molar-refractivity contribution in [1.29, 1.82) is 0 Å². The van der Waals surface area contributed by atoms with E-state index < -0.39 is 0 Å². The van der Waals surface area contributed by atoms with Crippen molar-refractivity contribution in [2.45, 2.75) is 44.9 Å². The molecule has 1 heteroatoms. The Balaban J connectivity index is 2.36. The Morgan fingerprint density at radius 3 is 2.67 bits per heavy atom. The monoisotopic (exact) mass is 166 g/mol. The van der Waals surface area contributed by atoms with Gasteiger partial charge in [0.2, 0.25) is 0 Å². The fourth-order valence-electron chi connectivity index (χ4n) is 1.46. The van der Waals surface area contributed by atoms with E-state index in [0.29, 0.717) is 5.76 Å². The van der Waals surface area contributed by atoms with Crippen LogP contribution in [0.2, 0.25) is 0 Å². The third kappa shape index (κ3) is 4.22. The SMILES string of the molecule is OC1=CC=CCCCCCCC1. The fraction of sp³-hybridized carbons (Fsp3) is 0.636. The highest BCUT2D eigenvalue weighted by atomic mass is 16.3. The van der Waals surface area contributed by atoms with Gasteiger partial charge in [0.25, 0.3) is 0 Å². The molecule has 0 aromatic carbocycles. The first kappa shape index (κ1) is 9.37. The largest absolute Gasteiger partial charge is 0.512 e. The maximum absolute atomic E-state index is 9.33. The van der Waals surface area contributed by atoms with Crippen LogP contribution in [0.25, 0.3) is 0 Å². The Hall–Kier alpha value is -0.720. The van der Waals surface area contributed by atoms with Crippen LogP contribution in [0.15, 0.2) is 24.0 Å². The molecule has 0 aromatic heterocycles. The lowest BCUT2D eigenvalue weighted by Gasteiger charge is -1.98. The molecule has 0 bridgehead atoms. The van der Waals surface area contributed by atoms with E-state index in [1.165, 1.54) is 25.7 Å². The Morgan fingerprint density at radius 2 is 1.75 bits per heavy atom. The molecular formula is C11H18O. The van der Waals surface area contributed by atoms with Crippen LogP contribution in [0.3, 0.4) is 0 Å². The average Bonchev–Trinajstić information content (AvgIpc) is 2.11. The minimum Gasteiger partial charge on any atom is -0.512 e. The fourth-order valence-corrected chi connectivity index (χ4v) is 1.46. The lowest BCUT2D eigenvalue weighted by molar-refractivity contribution is 0.380. The van der Waals surface area contributed by atoms with Crippen molar-refractivity contribution in [3.05, 3.63) is 24.0 Å². The maximum Gasteiger partial charge on any atom is 0.0922 e. The van der Waals surface area contributed by atoms with E-state index in [9.17, 15) is 5.11 Å². The van der Waals surface area contributed by atoms with Gasteiger partial charge in [-0.15, -0.1) is 0 Å². The van der Waals surface area contributed by atoms with Gasteiger partial charge in [-0.1, -0.05) is 31.4 Å². The zero-order valence-corrected chi connectivity index (χ0v) is 7.63. The van der Waals surface area contributed by atoms with Gasteiger partial charge in [0.1, 0.15) is 0 Å². The molecule has 68 valence electrons. The summed E-state index contributed by atoms with van der Waals surface area (Å²) in [4.78, 5) is 0. The summed E-state index contributed by atoms with van der Waals surface area (Å²) >= 11 is 0. The first-order valence-electron chi connectivity index (χ1n) is 4.94. The molecule has 1 aliphatic carbocycles. The Kier molecular flexibility index (Phi) is 4.58. The third-order valence-corrected chi connectivity index (χ3v) is 2.23. The van der Waals surface area contributed by atoms with E-state index in [-0.39, 0.29) is 0 Å². The van der Waals surface area contributed by atoms with Crippen molar-refractivity contribution in [3.63, 3.8) is 0 Å². The van der Waals surface area contributed by atoms with Crippen LogP contribution >= 0.6 is 0 Å². The van der Waals surface area contributed by atoms with Crippen molar-refractivity contribution >= 4 is 0 Å². The molecule has 0 radical (unpaired) electrons. The molecule has 0 aromatic rings. The number of aliphatic hydroxyl groups is 1. The summed E-state index contributed by atoms with van der Waals surface area (Å²) in [6.45, 7) is 0. The minimum absolute atomic E-state index is 0.535. The molecule has 0 amide bonds. The summed E-state index contributed by atoms with van der Waals surface area (Å²) in [5, 5.41) is 9.33. The van der Waals surface area contributed by atoms with E-state index in [1.807, 2.05) is 12.2 Å². The summed E-state index contributed by atoms with van der Waals surface area (Å²) in [5.41, 5.74) is 0. The normalized spacial score (nSPS) is 21.2. The smallest absolute Gasteiger partial charge is 0.0922 e. The minimum atomic E-state index is 0.535. The molecule has 1 rings (SSSR count). The highest BCUT2D eigenvalue weighted by Gasteiger charge is 1.94. The summed E-state index contributed by atoms with van der Waals surface area (Å²) < 4.78 is 0. The maximum atomic E-state index is 9.33.